The first-order valence-electron chi connectivity index (χ1n) is 7.59. The smallest absolute Gasteiger partial charge is 0.251 e. The second-order valence-electron chi connectivity index (χ2n) is 5.57. The number of hydrogen-bond acceptors (Lipinski definition) is 3. The Labute approximate surface area is 146 Å². The molecule has 5 nitrogen and oxygen atoms in total. The molecule has 3 rings (SSSR count). The highest BCUT2D eigenvalue weighted by atomic mass is 35.5. The maximum atomic E-state index is 12.3. The van der Waals surface area contributed by atoms with Gasteiger partial charge < -0.3 is 5.32 Å². The molecule has 7 heteroatoms. The maximum Gasteiger partial charge on any atom is 0.251 e. The van der Waals surface area contributed by atoms with E-state index >= 15 is 0 Å². The molecule has 0 atom stereocenters. The molecule has 1 aliphatic rings. The van der Waals surface area contributed by atoms with Crippen molar-refractivity contribution >= 4 is 33.2 Å². The Balaban J connectivity index is 1.74. The second-order valence-corrected chi connectivity index (χ2v) is 7.99. The molecule has 2 aromatic carbocycles. The predicted octanol–water partition coefficient (Wildman–Crippen LogP) is 2.81. The fourth-order valence-corrected chi connectivity index (χ4v) is 4.41. The van der Waals surface area contributed by atoms with Crippen LogP contribution in [0.25, 0.3) is 0 Å². The molecule has 0 aromatic heterocycles. The molecular formula is C17H17ClN2O3S. The molecule has 0 spiro atoms. The standard InChI is InChI=1S/C17H17ClN2O3S/c18-16-8-2-1-5-14(16)12-19-17(21)13-6-3-7-15(11-13)20-9-4-10-24(20,22)23/h1-3,5-8,11H,4,9-10,12H2,(H,19,21). The Bertz CT molecular complexity index is 868. The van der Waals surface area contributed by atoms with E-state index in [0.29, 0.717) is 35.8 Å². The first kappa shape index (κ1) is 16.8. The third kappa shape index (κ3) is 3.55. The summed E-state index contributed by atoms with van der Waals surface area (Å²) in [5.41, 5.74) is 1.77. The van der Waals surface area contributed by atoms with E-state index < -0.39 is 10.0 Å². The summed E-state index contributed by atoms with van der Waals surface area (Å²) in [5.74, 6) is -0.121. The molecule has 0 saturated carbocycles. The Morgan fingerprint density at radius 2 is 1.96 bits per heavy atom. The summed E-state index contributed by atoms with van der Waals surface area (Å²) in [5, 5.41) is 3.40. The zero-order valence-corrected chi connectivity index (χ0v) is 14.5. The summed E-state index contributed by atoms with van der Waals surface area (Å²) < 4.78 is 25.4. The molecule has 1 aliphatic heterocycles. The number of rotatable bonds is 4. The lowest BCUT2D eigenvalue weighted by Crippen LogP contribution is -2.26. The van der Waals surface area contributed by atoms with Crippen LogP contribution in [0.15, 0.2) is 48.5 Å². The van der Waals surface area contributed by atoms with E-state index in [-0.39, 0.29) is 11.7 Å². The summed E-state index contributed by atoms with van der Waals surface area (Å²) in [7, 11) is -3.26. The molecule has 2 aromatic rings. The van der Waals surface area contributed by atoms with Crippen molar-refractivity contribution in [3.63, 3.8) is 0 Å². The van der Waals surface area contributed by atoms with Gasteiger partial charge in [0.2, 0.25) is 10.0 Å². The molecule has 1 N–H and O–H groups in total. The number of benzene rings is 2. The fraction of sp³-hybridized carbons (Fsp3) is 0.235. The van der Waals surface area contributed by atoms with Gasteiger partial charge in [-0.05, 0) is 36.2 Å². The third-order valence-corrected chi connectivity index (χ3v) is 6.13. The minimum absolute atomic E-state index is 0.149. The Kier molecular flexibility index (Phi) is 4.78. The van der Waals surface area contributed by atoms with Gasteiger partial charge in [0.25, 0.3) is 5.91 Å². The Hall–Kier alpha value is -2.05. The largest absolute Gasteiger partial charge is 0.348 e. The van der Waals surface area contributed by atoms with Crippen molar-refractivity contribution in [2.45, 2.75) is 13.0 Å². The maximum absolute atomic E-state index is 12.3. The predicted molar refractivity (Wildman–Crippen MR) is 94.8 cm³/mol. The summed E-state index contributed by atoms with van der Waals surface area (Å²) in [6.07, 6.45) is 0.602. The number of nitrogens with zero attached hydrogens (tertiary/aromatic N) is 1. The van der Waals surface area contributed by atoms with Crippen molar-refractivity contribution in [2.24, 2.45) is 0 Å². The molecule has 0 bridgehead atoms. The van der Waals surface area contributed by atoms with E-state index in [1.54, 1.807) is 30.3 Å². The number of nitrogens with one attached hydrogen (secondary N) is 1. The number of sulfonamides is 1. The molecule has 1 amide bonds. The Morgan fingerprint density at radius 1 is 1.17 bits per heavy atom. The fourth-order valence-electron chi connectivity index (χ4n) is 2.65. The van der Waals surface area contributed by atoms with Crippen LogP contribution in [0.1, 0.15) is 22.3 Å². The quantitative estimate of drug-likeness (QED) is 0.907. The van der Waals surface area contributed by atoms with Crippen LogP contribution in [0.4, 0.5) is 5.69 Å². The van der Waals surface area contributed by atoms with Gasteiger partial charge in [0.1, 0.15) is 0 Å². The van der Waals surface area contributed by atoms with Gasteiger partial charge in [-0.1, -0.05) is 35.9 Å². The average molecular weight is 365 g/mol. The molecule has 24 heavy (non-hydrogen) atoms. The molecular weight excluding hydrogens is 348 g/mol. The molecule has 126 valence electrons. The monoisotopic (exact) mass is 364 g/mol. The van der Waals surface area contributed by atoms with Crippen molar-refractivity contribution in [1.29, 1.82) is 0 Å². The molecule has 1 fully saturated rings. The van der Waals surface area contributed by atoms with E-state index in [1.165, 1.54) is 4.31 Å². The van der Waals surface area contributed by atoms with Crippen molar-refractivity contribution in [1.82, 2.24) is 5.32 Å². The van der Waals surface area contributed by atoms with E-state index in [1.807, 2.05) is 18.2 Å². The van der Waals surface area contributed by atoms with E-state index in [0.717, 1.165) is 5.56 Å². The van der Waals surface area contributed by atoms with Crippen LogP contribution in [0.5, 0.6) is 0 Å². The second kappa shape index (κ2) is 6.83. The number of halogens is 1. The van der Waals surface area contributed by atoms with Gasteiger partial charge in [-0.2, -0.15) is 0 Å². The highest BCUT2D eigenvalue weighted by Crippen LogP contribution is 2.24. The van der Waals surface area contributed by atoms with E-state index in [2.05, 4.69) is 5.32 Å². The summed E-state index contributed by atoms with van der Waals surface area (Å²) in [6.45, 7) is 0.762. The van der Waals surface area contributed by atoms with E-state index in [4.69, 9.17) is 11.6 Å². The van der Waals surface area contributed by atoms with Gasteiger partial charge in [-0.15, -0.1) is 0 Å². The minimum atomic E-state index is -3.26. The lowest BCUT2D eigenvalue weighted by Gasteiger charge is -2.17. The van der Waals surface area contributed by atoms with Gasteiger partial charge in [-0.3, -0.25) is 9.10 Å². The molecule has 0 radical (unpaired) electrons. The zero-order valence-electron chi connectivity index (χ0n) is 12.9. The number of amides is 1. The number of carbonyl (C=O) groups excluding carboxylic acids is 1. The van der Waals surface area contributed by atoms with Crippen LogP contribution in [0.2, 0.25) is 5.02 Å². The van der Waals surface area contributed by atoms with Crippen molar-refractivity contribution < 1.29 is 13.2 Å². The number of anilines is 1. The third-order valence-electron chi connectivity index (χ3n) is 3.89. The first-order valence-corrected chi connectivity index (χ1v) is 9.58. The topological polar surface area (TPSA) is 66.5 Å². The van der Waals surface area contributed by atoms with Crippen LogP contribution in [0.3, 0.4) is 0 Å². The van der Waals surface area contributed by atoms with Crippen molar-refractivity contribution in [2.75, 3.05) is 16.6 Å². The van der Waals surface area contributed by atoms with Crippen LogP contribution in [-0.2, 0) is 16.6 Å². The van der Waals surface area contributed by atoms with Gasteiger partial charge >= 0.3 is 0 Å². The van der Waals surface area contributed by atoms with Gasteiger partial charge in [0, 0.05) is 23.7 Å². The first-order chi connectivity index (χ1) is 11.5. The lowest BCUT2D eigenvalue weighted by atomic mass is 10.1. The van der Waals surface area contributed by atoms with Crippen LogP contribution < -0.4 is 9.62 Å². The van der Waals surface area contributed by atoms with Crippen molar-refractivity contribution in [3.05, 3.63) is 64.7 Å². The average Bonchev–Trinajstić information content (AvgIpc) is 2.93. The normalized spacial score (nSPS) is 16.1. The summed E-state index contributed by atoms with van der Waals surface area (Å²) >= 11 is 6.07. The van der Waals surface area contributed by atoms with Gasteiger partial charge in [0.05, 0.1) is 11.4 Å². The summed E-state index contributed by atoms with van der Waals surface area (Å²) in [6, 6.07) is 13.9. The molecule has 1 heterocycles. The van der Waals surface area contributed by atoms with Crippen LogP contribution in [-0.4, -0.2) is 26.6 Å². The highest BCUT2D eigenvalue weighted by molar-refractivity contribution is 7.93. The molecule has 0 aliphatic carbocycles. The van der Waals surface area contributed by atoms with Crippen LogP contribution >= 0.6 is 11.6 Å². The molecule has 0 unspecified atom stereocenters. The lowest BCUT2D eigenvalue weighted by molar-refractivity contribution is 0.0951. The SMILES string of the molecule is O=C(NCc1ccccc1Cl)c1cccc(N2CCCS2(=O)=O)c1. The minimum Gasteiger partial charge on any atom is -0.348 e. The zero-order chi connectivity index (χ0) is 17.2. The molecule has 1 saturated heterocycles. The highest BCUT2D eigenvalue weighted by Gasteiger charge is 2.28. The summed E-state index contributed by atoms with van der Waals surface area (Å²) in [4.78, 5) is 12.3. The van der Waals surface area contributed by atoms with Crippen LogP contribution in [0, 0.1) is 0 Å². The number of carbonyl (C=O) groups is 1. The van der Waals surface area contributed by atoms with E-state index in [9.17, 15) is 13.2 Å². The Morgan fingerprint density at radius 3 is 2.67 bits per heavy atom. The van der Waals surface area contributed by atoms with Gasteiger partial charge in [0.15, 0.2) is 0 Å². The van der Waals surface area contributed by atoms with Gasteiger partial charge in [-0.25, -0.2) is 8.42 Å². The number of hydrogen-bond donors (Lipinski definition) is 1. The van der Waals surface area contributed by atoms with Crippen molar-refractivity contribution in [3.8, 4) is 0 Å².